The zero-order valence-corrected chi connectivity index (χ0v) is 14.6. The SMILES string of the molecule is COc1nccnc1OC1CCCN(C(=O)c2ccccc2C(F)(F)F)C1. The van der Waals surface area contributed by atoms with Crippen LogP contribution in [0.3, 0.4) is 0 Å². The molecule has 1 saturated heterocycles. The first-order chi connectivity index (χ1) is 12.9. The summed E-state index contributed by atoms with van der Waals surface area (Å²) in [4.78, 5) is 22.1. The van der Waals surface area contributed by atoms with Crippen LogP contribution in [-0.2, 0) is 6.18 Å². The molecular weight excluding hydrogens is 363 g/mol. The lowest BCUT2D eigenvalue weighted by atomic mass is 10.0. The van der Waals surface area contributed by atoms with E-state index in [0.717, 1.165) is 6.07 Å². The Hall–Kier alpha value is -2.84. The van der Waals surface area contributed by atoms with Crippen LogP contribution >= 0.6 is 0 Å². The zero-order valence-electron chi connectivity index (χ0n) is 14.6. The Bertz CT molecular complexity index is 814. The number of methoxy groups -OCH3 is 1. The summed E-state index contributed by atoms with van der Waals surface area (Å²) in [5, 5.41) is 0. The quantitative estimate of drug-likeness (QED) is 0.814. The number of halogens is 3. The average Bonchev–Trinajstić information content (AvgIpc) is 2.67. The molecule has 1 atom stereocenters. The number of carbonyl (C=O) groups is 1. The zero-order chi connectivity index (χ0) is 19.4. The first kappa shape index (κ1) is 18.9. The molecule has 2 aromatic rings. The molecule has 0 aliphatic carbocycles. The number of ether oxygens (including phenoxy) is 2. The molecule has 0 spiro atoms. The van der Waals surface area contributed by atoms with E-state index in [1.165, 1.54) is 42.6 Å². The summed E-state index contributed by atoms with van der Waals surface area (Å²) in [6.45, 7) is 0.521. The van der Waals surface area contributed by atoms with E-state index < -0.39 is 23.8 Å². The second kappa shape index (κ2) is 7.81. The lowest BCUT2D eigenvalue weighted by Gasteiger charge is -2.33. The first-order valence-electron chi connectivity index (χ1n) is 8.37. The molecule has 1 fully saturated rings. The van der Waals surface area contributed by atoms with Gasteiger partial charge in [0.25, 0.3) is 17.7 Å². The van der Waals surface area contributed by atoms with Gasteiger partial charge < -0.3 is 14.4 Å². The van der Waals surface area contributed by atoms with Gasteiger partial charge in [-0.2, -0.15) is 13.2 Å². The minimum absolute atomic E-state index is 0.157. The van der Waals surface area contributed by atoms with Gasteiger partial charge in [0.1, 0.15) is 6.10 Å². The topological polar surface area (TPSA) is 64.6 Å². The number of aromatic nitrogens is 2. The van der Waals surface area contributed by atoms with Gasteiger partial charge in [0, 0.05) is 18.9 Å². The number of alkyl halides is 3. The van der Waals surface area contributed by atoms with Gasteiger partial charge in [-0.15, -0.1) is 0 Å². The molecule has 0 N–H and O–H groups in total. The molecule has 0 radical (unpaired) electrons. The fourth-order valence-electron chi connectivity index (χ4n) is 3.00. The third kappa shape index (κ3) is 4.29. The maximum atomic E-state index is 13.2. The summed E-state index contributed by atoms with van der Waals surface area (Å²) < 4.78 is 50.5. The van der Waals surface area contributed by atoms with E-state index in [1.807, 2.05) is 0 Å². The van der Waals surface area contributed by atoms with Gasteiger partial charge in [0.05, 0.1) is 24.8 Å². The van der Waals surface area contributed by atoms with Crippen molar-refractivity contribution in [2.24, 2.45) is 0 Å². The van der Waals surface area contributed by atoms with Gasteiger partial charge in [-0.3, -0.25) is 4.79 Å². The molecule has 6 nitrogen and oxygen atoms in total. The Morgan fingerprint density at radius 3 is 2.59 bits per heavy atom. The minimum Gasteiger partial charge on any atom is -0.477 e. The van der Waals surface area contributed by atoms with Crippen LogP contribution in [0.4, 0.5) is 13.2 Å². The summed E-state index contributed by atoms with van der Waals surface area (Å²) in [6.07, 6.45) is -0.853. The second-order valence-electron chi connectivity index (χ2n) is 6.05. The molecule has 1 amide bonds. The van der Waals surface area contributed by atoms with Gasteiger partial charge in [0.2, 0.25) is 0 Å². The number of hydrogen-bond acceptors (Lipinski definition) is 5. The molecule has 1 aromatic carbocycles. The molecule has 3 rings (SSSR count). The number of likely N-dealkylation sites (tertiary alicyclic amines) is 1. The third-order valence-corrected chi connectivity index (χ3v) is 4.23. The number of hydrogen-bond donors (Lipinski definition) is 0. The molecule has 2 heterocycles. The van der Waals surface area contributed by atoms with Crippen molar-refractivity contribution in [1.29, 1.82) is 0 Å². The molecule has 1 aliphatic rings. The van der Waals surface area contributed by atoms with Crippen LogP contribution in [0.15, 0.2) is 36.7 Å². The lowest BCUT2D eigenvalue weighted by molar-refractivity contribution is -0.138. The molecule has 1 unspecified atom stereocenters. The van der Waals surface area contributed by atoms with Crippen LogP contribution in [0.2, 0.25) is 0 Å². The Morgan fingerprint density at radius 2 is 1.89 bits per heavy atom. The Labute approximate surface area is 153 Å². The van der Waals surface area contributed by atoms with Crippen LogP contribution in [0.5, 0.6) is 11.8 Å². The van der Waals surface area contributed by atoms with Gasteiger partial charge in [-0.05, 0) is 25.0 Å². The van der Waals surface area contributed by atoms with Gasteiger partial charge >= 0.3 is 6.18 Å². The molecule has 0 bridgehead atoms. The molecule has 0 saturated carbocycles. The average molecular weight is 381 g/mol. The standard InChI is InChI=1S/C18H18F3N3O3/c1-26-15-16(23-9-8-22-15)27-12-5-4-10-24(11-12)17(25)13-6-2-3-7-14(13)18(19,20)21/h2-3,6-9,12H,4-5,10-11H2,1H3. The first-order valence-corrected chi connectivity index (χ1v) is 8.37. The van der Waals surface area contributed by atoms with Crippen LogP contribution in [-0.4, -0.2) is 47.1 Å². The van der Waals surface area contributed by atoms with Crippen molar-refractivity contribution < 1.29 is 27.4 Å². The van der Waals surface area contributed by atoms with Crippen molar-refractivity contribution in [3.05, 3.63) is 47.8 Å². The maximum absolute atomic E-state index is 13.2. The van der Waals surface area contributed by atoms with Crippen molar-refractivity contribution in [2.75, 3.05) is 20.2 Å². The van der Waals surface area contributed by atoms with Crippen LogP contribution < -0.4 is 9.47 Å². The highest BCUT2D eigenvalue weighted by atomic mass is 19.4. The van der Waals surface area contributed by atoms with Gasteiger partial charge in [0.15, 0.2) is 0 Å². The van der Waals surface area contributed by atoms with E-state index in [4.69, 9.17) is 9.47 Å². The van der Waals surface area contributed by atoms with E-state index in [2.05, 4.69) is 9.97 Å². The highest BCUT2D eigenvalue weighted by Gasteiger charge is 2.37. The smallest absolute Gasteiger partial charge is 0.417 e. The van der Waals surface area contributed by atoms with Gasteiger partial charge in [-0.1, -0.05) is 12.1 Å². The second-order valence-corrected chi connectivity index (χ2v) is 6.05. The van der Waals surface area contributed by atoms with E-state index in [9.17, 15) is 18.0 Å². The Kier molecular flexibility index (Phi) is 5.48. The van der Waals surface area contributed by atoms with Crippen LogP contribution in [0.25, 0.3) is 0 Å². The Morgan fingerprint density at radius 1 is 1.19 bits per heavy atom. The largest absolute Gasteiger partial charge is 0.477 e. The number of piperidine rings is 1. The van der Waals surface area contributed by atoms with Crippen molar-refractivity contribution >= 4 is 5.91 Å². The summed E-state index contributed by atoms with van der Waals surface area (Å²) in [7, 11) is 1.43. The molecule has 1 aliphatic heterocycles. The van der Waals surface area contributed by atoms with Crippen LogP contribution in [0.1, 0.15) is 28.8 Å². The number of benzene rings is 1. The lowest BCUT2D eigenvalue weighted by Crippen LogP contribution is -2.45. The molecule has 9 heteroatoms. The van der Waals surface area contributed by atoms with Crippen molar-refractivity contribution in [3.8, 4) is 11.8 Å². The van der Waals surface area contributed by atoms with Crippen molar-refractivity contribution in [3.63, 3.8) is 0 Å². The Balaban J connectivity index is 1.76. The summed E-state index contributed by atoms with van der Waals surface area (Å²) in [5.41, 5.74) is -1.30. The fourth-order valence-corrected chi connectivity index (χ4v) is 3.00. The number of rotatable bonds is 4. The van der Waals surface area contributed by atoms with Crippen molar-refractivity contribution in [1.82, 2.24) is 14.9 Å². The molecular formula is C18H18F3N3O3. The van der Waals surface area contributed by atoms with Gasteiger partial charge in [-0.25, -0.2) is 9.97 Å². The molecule has 144 valence electrons. The molecule has 27 heavy (non-hydrogen) atoms. The summed E-state index contributed by atoms with van der Waals surface area (Å²) >= 11 is 0. The highest BCUT2D eigenvalue weighted by Crippen LogP contribution is 2.33. The van der Waals surface area contributed by atoms with E-state index in [-0.39, 0.29) is 23.9 Å². The predicted molar refractivity (Wildman–Crippen MR) is 89.6 cm³/mol. The maximum Gasteiger partial charge on any atom is 0.417 e. The monoisotopic (exact) mass is 381 g/mol. The summed E-state index contributed by atoms with van der Waals surface area (Å²) in [6, 6.07) is 4.80. The predicted octanol–water partition coefficient (Wildman–Crippen LogP) is 3.19. The number of carbonyl (C=O) groups excluding carboxylic acids is 1. The van der Waals surface area contributed by atoms with Crippen molar-refractivity contribution in [2.45, 2.75) is 25.1 Å². The van der Waals surface area contributed by atoms with Crippen LogP contribution in [0, 0.1) is 0 Å². The normalized spacial score (nSPS) is 17.5. The number of amides is 1. The number of nitrogens with zero attached hydrogens (tertiary/aromatic N) is 3. The fraction of sp³-hybridized carbons (Fsp3) is 0.389. The van der Waals surface area contributed by atoms with E-state index in [0.29, 0.717) is 19.4 Å². The summed E-state index contributed by atoms with van der Waals surface area (Å²) in [5.74, 6) is -0.263. The minimum atomic E-state index is -4.59. The van der Waals surface area contributed by atoms with E-state index >= 15 is 0 Å². The molecule has 1 aromatic heterocycles. The third-order valence-electron chi connectivity index (χ3n) is 4.23. The highest BCUT2D eigenvalue weighted by molar-refractivity contribution is 5.96. The van der Waals surface area contributed by atoms with E-state index in [1.54, 1.807) is 0 Å².